The summed E-state index contributed by atoms with van der Waals surface area (Å²) in [5.41, 5.74) is 3.31. The summed E-state index contributed by atoms with van der Waals surface area (Å²) in [5, 5.41) is 0. The first kappa shape index (κ1) is 34.4. The van der Waals surface area contributed by atoms with E-state index in [0.29, 0.717) is 54.3 Å². The third-order valence-corrected chi connectivity index (χ3v) is 12.9. The topological polar surface area (TPSA) is 112 Å². The van der Waals surface area contributed by atoms with Gasteiger partial charge in [0.25, 0.3) is 5.91 Å². The van der Waals surface area contributed by atoms with E-state index in [1.54, 1.807) is 35.7 Å². The van der Waals surface area contributed by atoms with Crippen molar-refractivity contribution in [2.45, 2.75) is 75.9 Å². The number of aryl methyl sites for hydroxylation is 2. The number of sulfonamides is 1. The van der Waals surface area contributed by atoms with Crippen LogP contribution in [0.4, 0.5) is 0 Å². The van der Waals surface area contributed by atoms with Gasteiger partial charge in [-0.1, -0.05) is 6.07 Å². The third kappa shape index (κ3) is 6.85. The Morgan fingerprint density at radius 2 is 1.62 bits per heavy atom. The van der Waals surface area contributed by atoms with Crippen molar-refractivity contribution in [2.75, 3.05) is 52.9 Å². The minimum atomic E-state index is -3.58. The molecule has 258 valence electrons. The second-order valence-electron chi connectivity index (χ2n) is 13.9. The molecule has 0 unspecified atom stereocenters. The minimum absolute atomic E-state index is 0.0133. The van der Waals surface area contributed by atoms with Crippen molar-refractivity contribution in [2.24, 2.45) is 5.92 Å². The van der Waals surface area contributed by atoms with Gasteiger partial charge in [-0.25, -0.2) is 18.4 Å². The number of carbonyl (C=O) groups excluding carboxylic acids is 1. The van der Waals surface area contributed by atoms with E-state index in [2.05, 4.69) is 44.7 Å². The molecule has 0 N–H and O–H groups in total. The fraction of sp³-hybridized carbons (Fsp3) is 0.556. The number of hydrogen-bond donors (Lipinski definition) is 0. The standard InChI is InChI=1S/C36H49N7O4S/c1-26-24-41(36(4)14-19-40(20-15-36)35(44)33-27(2)38-25-39-28(33)3)21-22-43(26)34(30-7-6-16-37-23-30)29-12-17-42(18-13-29)48(45,46)32-10-8-31(47-5)9-11-32/h6-11,16,23,25-26,29,34H,12-15,17-22,24H2,1-5H3/t26-,34-/m0/s1. The van der Waals surface area contributed by atoms with Crippen LogP contribution in [0.1, 0.15) is 72.9 Å². The number of piperidine rings is 2. The summed E-state index contributed by atoms with van der Waals surface area (Å²) in [6, 6.07) is 11.3. The Balaban J connectivity index is 1.11. The van der Waals surface area contributed by atoms with Gasteiger partial charge < -0.3 is 9.64 Å². The highest BCUT2D eigenvalue weighted by atomic mass is 32.2. The molecule has 3 aliphatic rings. The maximum Gasteiger partial charge on any atom is 0.257 e. The molecule has 0 aliphatic carbocycles. The Morgan fingerprint density at radius 3 is 2.21 bits per heavy atom. The number of benzene rings is 1. The molecular formula is C36H49N7O4S. The first-order valence-corrected chi connectivity index (χ1v) is 18.6. The van der Waals surface area contributed by atoms with Crippen LogP contribution in [0, 0.1) is 19.8 Å². The monoisotopic (exact) mass is 675 g/mol. The number of ether oxygens (including phenoxy) is 1. The fourth-order valence-electron chi connectivity index (χ4n) is 8.06. The Bertz CT molecular complexity index is 1650. The summed E-state index contributed by atoms with van der Waals surface area (Å²) in [6.07, 6.45) is 8.74. The number of methoxy groups -OCH3 is 1. The van der Waals surface area contributed by atoms with Gasteiger partial charge in [0.15, 0.2) is 0 Å². The second-order valence-corrected chi connectivity index (χ2v) is 15.8. The molecule has 0 bridgehead atoms. The van der Waals surface area contributed by atoms with Crippen molar-refractivity contribution in [1.29, 1.82) is 0 Å². The number of piperazine rings is 1. The molecule has 12 heteroatoms. The molecule has 11 nitrogen and oxygen atoms in total. The molecule has 3 fully saturated rings. The van der Waals surface area contributed by atoms with Gasteiger partial charge in [0.2, 0.25) is 10.0 Å². The summed E-state index contributed by atoms with van der Waals surface area (Å²) >= 11 is 0. The fourth-order valence-corrected chi connectivity index (χ4v) is 9.53. The van der Waals surface area contributed by atoms with Gasteiger partial charge in [-0.05, 0) is 95.2 Å². The van der Waals surface area contributed by atoms with Crippen molar-refractivity contribution in [3.05, 3.63) is 77.6 Å². The SMILES string of the molecule is COc1ccc(S(=O)(=O)N2CCC([C@@H](c3cccnc3)N3CCN(C4(C)CCN(C(=O)c5c(C)ncnc5C)CC4)C[C@@H]3C)CC2)cc1. The van der Waals surface area contributed by atoms with E-state index in [9.17, 15) is 13.2 Å². The molecule has 3 saturated heterocycles. The predicted octanol–water partition coefficient (Wildman–Crippen LogP) is 4.34. The summed E-state index contributed by atoms with van der Waals surface area (Å²) in [7, 11) is -2.00. The van der Waals surface area contributed by atoms with E-state index in [0.717, 1.165) is 56.7 Å². The lowest BCUT2D eigenvalue weighted by Crippen LogP contribution is -2.63. The van der Waals surface area contributed by atoms with Gasteiger partial charge in [-0.15, -0.1) is 0 Å². The van der Waals surface area contributed by atoms with Crippen LogP contribution >= 0.6 is 0 Å². The zero-order valence-corrected chi connectivity index (χ0v) is 29.7. The van der Waals surface area contributed by atoms with E-state index in [-0.39, 0.29) is 17.5 Å². The number of nitrogens with zero attached hydrogens (tertiary/aromatic N) is 7. The molecule has 5 heterocycles. The number of aromatic nitrogens is 3. The largest absolute Gasteiger partial charge is 0.497 e. The zero-order chi connectivity index (χ0) is 34.1. The van der Waals surface area contributed by atoms with E-state index in [4.69, 9.17) is 4.74 Å². The van der Waals surface area contributed by atoms with Gasteiger partial charge in [-0.3, -0.25) is 19.6 Å². The first-order valence-electron chi connectivity index (χ1n) is 17.1. The highest BCUT2D eigenvalue weighted by Crippen LogP contribution is 2.40. The number of carbonyl (C=O) groups is 1. The maximum atomic E-state index is 13.5. The summed E-state index contributed by atoms with van der Waals surface area (Å²) in [6.45, 7) is 13.7. The predicted molar refractivity (Wildman–Crippen MR) is 184 cm³/mol. The maximum absolute atomic E-state index is 13.5. The minimum Gasteiger partial charge on any atom is -0.497 e. The Hall–Kier alpha value is -3.45. The van der Waals surface area contributed by atoms with E-state index in [1.165, 1.54) is 11.9 Å². The number of rotatable bonds is 8. The lowest BCUT2D eigenvalue weighted by Gasteiger charge is -2.54. The Labute approximate surface area is 285 Å². The van der Waals surface area contributed by atoms with Crippen LogP contribution in [0.3, 0.4) is 0 Å². The van der Waals surface area contributed by atoms with Crippen LogP contribution in [0.25, 0.3) is 0 Å². The molecule has 1 amide bonds. The molecule has 6 rings (SSSR count). The molecule has 48 heavy (non-hydrogen) atoms. The molecule has 3 aromatic rings. The summed E-state index contributed by atoms with van der Waals surface area (Å²) < 4.78 is 33.8. The third-order valence-electron chi connectivity index (χ3n) is 11.0. The van der Waals surface area contributed by atoms with Crippen molar-refractivity contribution in [1.82, 2.24) is 34.0 Å². The van der Waals surface area contributed by atoms with Crippen molar-refractivity contribution in [3.63, 3.8) is 0 Å². The highest BCUT2D eigenvalue weighted by molar-refractivity contribution is 7.89. The average molecular weight is 676 g/mol. The lowest BCUT2D eigenvalue weighted by atomic mass is 9.83. The van der Waals surface area contributed by atoms with Crippen molar-refractivity contribution in [3.8, 4) is 5.75 Å². The zero-order valence-electron chi connectivity index (χ0n) is 28.9. The van der Waals surface area contributed by atoms with Crippen molar-refractivity contribution < 1.29 is 17.9 Å². The summed E-state index contributed by atoms with van der Waals surface area (Å²) in [5.74, 6) is 0.983. The van der Waals surface area contributed by atoms with Crippen LogP contribution in [0.5, 0.6) is 5.75 Å². The van der Waals surface area contributed by atoms with Gasteiger partial charge >= 0.3 is 0 Å². The quantitative estimate of drug-likeness (QED) is 0.344. The van der Waals surface area contributed by atoms with Gasteiger partial charge in [-0.2, -0.15) is 4.31 Å². The molecule has 0 spiro atoms. The highest BCUT2D eigenvalue weighted by Gasteiger charge is 2.43. The molecule has 2 atom stereocenters. The number of hydrogen-bond acceptors (Lipinski definition) is 9. The van der Waals surface area contributed by atoms with Crippen LogP contribution in [-0.4, -0.2) is 113 Å². The summed E-state index contributed by atoms with van der Waals surface area (Å²) in [4.78, 5) is 34.0. The normalized spacial score (nSPS) is 22.4. The van der Waals surface area contributed by atoms with E-state index >= 15 is 0 Å². The van der Waals surface area contributed by atoms with Crippen LogP contribution in [-0.2, 0) is 10.0 Å². The molecule has 0 radical (unpaired) electrons. The molecular weight excluding hydrogens is 627 g/mol. The van der Waals surface area contributed by atoms with Crippen LogP contribution in [0.2, 0.25) is 0 Å². The first-order chi connectivity index (χ1) is 23.0. The van der Waals surface area contributed by atoms with E-state index < -0.39 is 10.0 Å². The molecule has 2 aromatic heterocycles. The van der Waals surface area contributed by atoms with E-state index in [1.807, 2.05) is 37.2 Å². The van der Waals surface area contributed by atoms with Gasteiger partial charge in [0, 0.05) is 75.8 Å². The lowest BCUT2D eigenvalue weighted by molar-refractivity contribution is -0.0422. The van der Waals surface area contributed by atoms with Crippen LogP contribution in [0.15, 0.2) is 60.0 Å². The Kier molecular flexibility index (Phi) is 10.2. The van der Waals surface area contributed by atoms with Gasteiger partial charge in [0.05, 0.1) is 29.0 Å². The number of pyridine rings is 1. The van der Waals surface area contributed by atoms with Gasteiger partial charge in [0.1, 0.15) is 12.1 Å². The molecule has 3 aliphatic heterocycles. The average Bonchev–Trinajstić information content (AvgIpc) is 3.10. The smallest absolute Gasteiger partial charge is 0.257 e. The molecule has 1 aromatic carbocycles. The number of likely N-dealkylation sites (tertiary alicyclic amines) is 1. The Morgan fingerprint density at radius 1 is 0.958 bits per heavy atom. The molecule has 0 saturated carbocycles. The van der Waals surface area contributed by atoms with Crippen LogP contribution < -0.4 is 4.74 Å². The second kappa shape index (κ2) is 14.2. The van der Waals surface area contributed by atoms with Crippen molar-refractivity contribution >= 4 is 15.9 Å². The number of amides is 1.